The largest absolute Gasteiger partial charge is 0.493 e. The van der Waals surface area contributed by atoms with Crippen molar-refractivity contribution in [1.82, 2.24) is 0 Å². The van der Waals surface area contributed by atoms with Crippen LogP contribution in [0.2, 0.25) is 0 Å². The smallest absolute Gasteiger partial charge is 0.231 e. The van der Waals surface area contributed by atoms with Crippen LogP contribution in [-0.4, -0.2) is 27.6 Å². The number of rotatable bonds is 6. The molecule has 2 aliphatic heterocycles. The summed E-state index contributed by atoms with van der Waals surface area (Å²) in [6, 6.07) is 12.1. The summed E-state index contributed by atoms with van der Waals surface area (Å²) in [5.74, 6) is 3.62. The Balaban J connectivity index is 1.52. The van der Waals surface area contributed by atoms with E-state index in [1.165, 1.54) is 5.56 Å². The van der Waals surface area contributed by atoms with E-state index < -0.39 is 0 Å². The molecule has 0 N–H and O–H groups in total. The number of benzene rings is 2. The highest BCUT2D eigenvalue weighted by molar-refractivity contribution is 5.46. The highest BCUT2D eigenvalue weighted by atomic mass is 16.7. The third-order valence-electron chi connectivity index (χ3n) is 5.33. The van der Waals surface area contributed by atoms with Crippen molar-refractivity contribution in [2.24, 2.45) is 11.8 Å². The fourth-order valence-corrected chi connectivity index (χ4v) is 3.93. The van der Waals surface area contributed by atoms with Crippen LogP contribution in [0.15, 0.2) is 49.1 Å². The summed E-state index contributed by atoms with van der Waals surface area (Å²) in [5.41, 5.74) is 2.29. The molecule has 0 aliphatic carbocycles. The minimum absolute atomic E-state index is 0.0258. The Labute approximate surface area is 159 Å². The molecule has 0 amide bonds. The van der Waals surface area contributed by atoms with E-state index >= 15 is 0 Å². The third-order valence-corrected chi connectivity index (χ3v) is 5.33. The molecule has 5 heteroatoms. The molecule has 2 heterocycles. The van der Waals surface area contributed by atoms with Gasteiger partial charge in [-0.1, -0.05) is 18.2 Å². The fraction of sp³-hybridized carbons (Fsp3) is 0.364. The molecule has 142 valence electrons. The molecule has 3 atom stereocenters. The molecule has 0 saturated carbocycles. The number of hydrogen-bond acceptors (Lipinski definition) is 5. The van der Waals surface area contributed by atoms with Crippen LogP contribution in [0.25, 0.3) is 0 Å². The lowest BCUT2D eigenvalue weighted by Crippen LogP contribution is -2.15. The van der Waals surface area contributed by atoms with Crippen LogP contribution in [0.1, 0.15) is 17.2 Å². The van der Waals surface area contributed by atoms with E-state index in [1.54, 1.807) is 14.2 Å². The SMILES string of the molecule is C=C[C@H]1[C@H](Cc2ccc(OC)c(OC)c2)CO[C@@H]1c1ccc2c(c1)OCO2. The molecule has 5 nitrogen and oxygen atoms in total. The third kappa shape index (κ3) is 3.35. The molecule has 1 fully saturated rings. The number of methoxy groups -OCH3 is 2. The van der Waals surface area contributed by atoms with Crippen molar-refractivity contribution in [2.75, 3.05) is 27.6 Å². The van der Waals surface area contributed by atoms with Crippen molar-refractivity contribution in [3.05, 3.63) is 60.2 Å². The zero-order chi connectivity index (χ0) is 18.8. The molecular formula is C22H24O5. The molecule has 0 aromatic heterocycles. The van der Waals surface area contributed by atoms with Crippen molar-refractivity contribution < 1.29 is 23.7 Å². The van der Waals surface area contributed by atoms with Crippen LogP contribution < -0.4 is 18.9 Å². The molecule has 2 aromatic carbocycles. The van der Waals surface area contributed by atoms with E-state index in [-0.39, 0.29) is 18.8 Å². The van der Waals surface area contributed by atoms with Crippen LogP contribution in [-0.2, 0) is 11.2 Å². The molecule has 0 bridgehead atoms. The molecule has 0 radical (unpaired) electrons. The summed E-state index contributed by atoms with van der Waals surface area (Å²) in [6.07, 6.45) is 2.87. The first-order chi connectivity index (χ1) is 13.2. The topological polar surface area (TPSA) is 46.2 Å². The average Bonchev–Trinajstić information content (AvgIpc) is 3.33. The Kier molecular flexibility index (Phi) is 4.94. The Morgan fingerprint density at radius 2 is 1.85 bits per heavy atom. The maximum absolute atomic E-state index is 6.17. The van der Waals surface area contributed by atoms with Gasteiger partial charge < -0.3 is 23.7 Å². The van der Waals surface area contributed by atoms with Crippen molar-refractivity contribution in [1.29, 1.82) is 0 Å². The van der Waals surface area contributed by atoms with Crippen molar-refractivity contribution in [3.8, 4) is 23.0 Å². The predicted octanol–water partition coefficient (Wildman–Crippen LogP) is 4.16. The van der Waals surface area contributed by atoms with Gasteiger partial charge in [-0.2, -0.15) is 0 Å². The second kappa shape index (κ2) is 7.53. The number of ether oxygens (including phenoxy) is 5. The highest BCUT2D eigenvalue weighted by Gasteiger charge is 2.36. The van der Waals surface area contributed by atoms with Gasteiger partial charge in [-0.15, -0.1) is 6.58 Å². The minimum Gasteiger partial charge on any atom is -0.493 e. The van der Waals surface area contributed by atoms with Crippen LogP contribution in [0.4, 0.5) is 0 Å². The molecule has 0 spiro atoms. The lowest BCUT2D eigenvalue weighted by molar-refractivity contribution is 0.0975. The van der Waals surface area contributed by atoms with Crippen molar-refractivity contribution in [2.45, 2.75) is 12.5 Å². The zero-order valence-corrected chi connectivity index (χ0v) is 15.6. The highest BCUT2D eigenvalue weighted by Crippen LogP contribution is 2.44. The molecule has 27 heavy (non-hydrogen) atoms. The molecule has 2 aromatic rings. The van der Waals surface area contributed by atoms with Gasteiger partial charge in [0, 0.05) is 5.92 Å². The molecular weight excluding hydrogens is 344 g/mol. The zero-order valence-electron chi connectivity index (χ0n) is 15.6. The second-order valence-electron chi connectivity index (χ2n) is 6.83. The standard InChI is InChI=1S/C22H24O5/c1-4-17-16(9-14-5-7-18(23-2)20(10-14)24-3)12-25-22(17)15-6-8-19-21(11-15)27-13-26-19/h4-8,10-11,16-17,22H,1,9,12-13H2,2-3H3/t16-,17+,22-/m1/s1. The summed E-state index contributed by atoms with van der Waals surface area (Å²) in [4.78, 5) is 0. The van der Waals surface area contributed by atoms with Crippen LogP contribution in [0.3, 0.4) is 0 Å². The first-order valence-corrected chi connectivity index (χ1v) is 9.08. The van der Waals surface area contributed by atoms with E-state index in [1.807, 2.05) is 36.4 Å². The summed E-state index contributed by atoms with van der Waals surface area (Å²) in [5, 5.41) is 0. The molecule has 4 rings (SSSR count). The Morgan fingerprint density at radius 3 is 2.63 bits per heavy atom. The molecule has 0 unspecified atom stereocenters. The van der Waals surface area contributed by atoms with E-state index in [9.17, 15) is 0 Å². The van der Waals surface area contributed by atoms with Crippen LogP contribution >= 0.6 is 0 Å². The summed E-state index contributed by atoms with van der Waals surface area (Å²) in [6.45, 7) is 5.02. The van der Waals surface area contributed by atoms with Gasteiger partial charge in [0.25, 0.3) is 0 Å². The van der Waals surface area contributed by atoms with Gasteiger partial charge in [-0.05, 0) is 47.7 Å². The van der Waals surface area contributed by atoms with E-state index in [2.05, 4.69) is 12.6 Å². The fourth-order valence-electron chi connectivity index (χ4n) is 3.93. The van der Waals surface area contributed by atoms with Crippen molar-refractivity contribution >= 4 is 0 Å². The molecule has 1 saturated heterocycles. The maximum Gasteiger partial charge on any atom is 0.231 e. The quantitative estimate of drug-likeness (QED) is 0.717. The summed E-state index contributed by atoms with van der Waals surface area (Å²) in [7, 11) is 3.30. The normalized spacial score (nSPS) is 23.3. The van der Waals surface area contributed by atoms with Gasteiger partial charge in [-0.25, -0.2) is 0 Å². The molecule has 2 aliphatic rings. The van der Waals surface area contributed by atoms with Crippen molar-refractivity contribution in [3.63, 3.8) is 0 Å². The monoisotopic (exact) mass is 368 g/mol. The van der Waals surface area contributed by atoms with E-state index in [4.69, 9.17) is 23.7 Å². The van der Waals surface area contributed by atoms with E-state index in [0.29, 0.717) is 12.5 Å². The predicted molar refractivity (Wildman–Crippen MR) is 102 cm³/mol. The first-order valence-electron chi connectivity index (χ1n) is 9.08. The lowest BCUT2D eigenvalue weighted by Gasteiger charge is -2.20. The van der Waals surface area contributed by atoms with Gasteiger partial charge in [-0.3, -0.25) is 0 Å². The average molecular weight is 368 g/mol. The van der Waals surface area contributed by atoms with Gasteiger partial charge >= 0.3 is 0 Å². The Morgan fingerprint density at radius 1 is 1.04 bits per heavy atom. The van der Waals surface area contributed by atoms with Gasteiger partial charge in [0.1, 0.15) is 0 Å². The maximum atomic E-state index is 6.17. The summed E-state index contributed by atoms with van der Waals surface area (Å²) < 4.78 is 27.8. The van der Waals surface area contributed by atoms with E-state index in [0.717, 1.165) is 35.0 Å². The van der Waals surface area contributed by atoms with Crippen LogP contribution in [0.5, 0.6) is 23.0 Å². The Hall–Kier alpha value is -2.66. The number of fused-ring (bicyclic) bond motifs is 1. The Bertz CT molecular complexity index is 831. The lowest BCUT2D eigenvalue weighted by atomic mass is 9.84. The van der Waals surface area contributed by atoms with Gasteiger partial charge in [0.05, 0.1) is 26.9 Å². The minimum atomic E-state index is -0.0258. The van der Waals surface area contributed by atoms with Crippen LogP contribution in [0, 0.1) is 11.8 Å². The first kappa shape index (κ1) is 17.7. The summed E-state index contributed by atoms with van der Waals surface area (Å²) >= 11 is 0. The second-order valence-corrected chi connectivity index (χ2v) is 6.83. The number of hydrogen-bond donors (Lipinski definition) is 0. The van der Waals surface area contributed by atoms with Gasteiger partial charge in [0.15, 0.2) is 23.0 Å². The van der Waals surface area contributed by atoms with Gasteiger partial charge in [0.2, 0.25) is 6.79 Å².